The zero-order valence-corrected chi connectivity index (χ0v) is 18.3. The van der Waals surface area contributed by atoms with E-state index in [9.17, 15) is 9.59 Å². The summed E-state index contributed by atoms with van der Waals surface area (Å²) in [4.78, 5) is 35.2. The number of hydrogen-bond donors (Lipinski definition) is 1. The van der Waals surface area contributed by atoms with Gasteiger partial charge in [-0.1, -0.05) is 36.6 Å². The number of nitrogens with one attached hydrogen (secondary N) is 1. The van der Waals surface area contributed by atoms with Gasteiger partial charge in [-0.2, -0.15) is 4.98 Å². The number of hydrogen-bond acceptors (Lipinski definition) is 6. The van der Waals surface area contributed by atoms with Crippen molar-refractivity contribution in [2.75, 3.05) is 0 Å². The number of fused-ring (bicyclic) bond motifs is 3. The second-order valence-electron chi connectivity index (χ2n) is 8.49. The topological polar surface area (TPSA) is 108 Å². The number of nitrogens with zero attached hydrogens (tertiary/aromatic N) is 5. The van der Waals surface area contributed by atoms with E-state index < -0.39 is 0 Å². The molecule has 1 amide bonds. The Morgan fingerprint density at radius 2 is 2.09 bits per heavy atom. The molecule has 0 aliphatic heterocycles. The molecule has 1 aliphatic carbocycles. The smallest absolute Gasteiger partial charge is 0.278 e. The van der Waals surface area contributed by atoms with Crippen LogP contribution in [0.2, 0.25) is 0 Å². The standard InChI is InChI=1S/C23H26N6O3/c1-3-18-26-20(32-27-18)12-28-13-24-21-16-10-14(2)8-9-17(16)29(22(21)23(28)31)11-19(30)25-15-6-4-5-7-15/h8-10,13,15H,3-7,11-12H2,1-2H3,(H,25,30). The van der Waals surface area contributed by atoms with Gasteiger partial charge in [-0.15, -0.1) is 0 Å². The van der Waals surface area contributed by atoms with Gasteiger partial charge < -0.3 is 14.4 Å². The lowest BCUT2D eigenvalue weighted by molar-refractivity contribution is -0.122. The minimum atomic E-state index is -0.242. The monoisotopic (exact) mass is 434 g/mol. The first kappa shape index (κ1) is 20.4. The minimum absolute atomic E-state index is 0.0705. The van der Waals surface area contributed by atoms with Gasteiger partial charge in [-0.25, -0.2) is 4.98 Å². The van der Waals surface area contributed by atoms with Crippen LogP contribution in [-0.4, -0.2) is 36.2 Å². The van der Waals surface area contributed by atoms with E-state index in [2.05, 4.69) is 20.4 Å². The lowest BCUT2D eigenvalue weighted by atomic mass is 10.1. The fourth-order valence-electron chi connectivity index (χ4n) is 4.52. The van der Waals surface area contributed by atoms with Crippen LogP contribution in [0.5, 0.6) is 0 Å². The molecule has 166 valence electrons. The molecule has 1 N–H and O–H groups in total. The van der Waals surface area contributed by atoms with Crippen molar-refractivity contribution in [2.45, 2.75) is 65.1 Å². The van der Waals surface area contributed by atoms with Gasteiger partial charge in [0.1, 0.15) is 24.1 Å². The molecule has 0 saturated heterocycles. The molecule has 32 heavy (non-hydrogen) atoms. The number of aromatic nitrogens is 5. The van der Waals surface area contributed by atoms with Crippen molar-refractivity contribution in [3.05, 3.63) is 52.2 Å². The van der Waals surface area contributed by atoms with Crippen molar-refractivity contribution >= 4 is 27.8 Å². The minimum Gasteiger partial charge on any atom is -0.352 e. The zero-order chi connectivity index (χ0) is 22.2. The first-order chi connectivity index (χ1) is 15.5. The van der Waals surface area contributed by atoms with Crippen LogP contribution in [0.25, 0.3) is 21.9 Å². The van der Waals surface area contributed by atoms with Crippen molar-refractivity contribution in [3.63, 3.8) is 0 Å². The van der Waals surface area contributed by atoms with E-state index in [0.29, 0.717) is 29.2 Å². The van der Waals surface area contributed by atoms with Crippen molar-refractivity contribution in [2.24, 2.45) is 0 Å². The molecule has 1 aliphatic rings. The Labute approximate surface area is 184 Å². The largest absolute Gasteiger partial charge is 0.352 e. The molecule has 0 bridgehead atoms. The van der Waals surface area contributed by atoms with Crippen molar-refractivity contribution in [1.29, 1.82) is 0 Å². The van der Waals surface area contributed by atoms with Gasteiger partial charge in [0.25, 0.3) is 5.56 Å². The summed E-state index contributed by atoms with van der Waals surface area (Å²) < 4.78 is 8.48. The fourth-order valence-corrected chi connectivity index (χ4v) is 4.52. The zero-order valence-electron chi connectivity index (χ0n) is 18.3. The van der Waals surface area contributed by atoms with Crippen LogP contribution in [-0.2, 0) is 24.3 Å². The highest BCUT2D eigenvalue weighted by atomic mass is 16.5. The van der Waals surface area contributed by atoms with Gasteiger partial charge >= 0.3 is 0 Å². The summed E-state index contributed by atoms with van der Waals surface area (Å²) in [5.41, 5.74) is 2.65. The Bertz CT molecular complexity index is 1360. The summed E-state index contributed by atoms with van der Waals surface area (Å²) >= 11 is 0. The van der Waals surface area contributed by atoms with E-state index in [0.717, 1.165) is 42.1 Å². The van der Waals surface area contributed by atoms with Crippen LogP contribution < -0.4 is 10.9 Å². The average Bonchev–Trinajstić information content (AvgIpc) is 3.51. The number of amides is 1. The molecule has 3 heterocycles. The molecular weight excluding hydrogens is 408 g/mol. The van der Waals surface area contributed by atoms with Gasteiger partial charge in [-0.05, 0) is 31.9 Å². The predicted molar refractivity (Wildman–Crippen MR) is 119 cm³/mol. The van der Waals surface area contributed by atoms with E-state index in [1.165, 1.54) is 10.9 Å². The molecule has 0 unspecified atom stereocenters. The summed E-state index contributed by atoms with van der Waals surface area (Å²) in [5, 5.41) is 7.88. The van der Waals surface area contributed by atoms with Gasteiger partial charge in [0.2, 0.25) is 11.8 Å². The molecule has 4 aromatic rings. The molecule has 9 heteroatoms. The van der Waals surface area contributed by atoms with Gasteiger partial charge in [0, 0.05) is 17.8 Å². The first-order valence-corrected chi connectivity index (χ1v) is 11.1. The number of aryl methyl sites for hydroxylation is 2. The van der Waals surface area contributed by atoms with Crippen LogP contribution in [0.15, 0.2) is 33.8 Å². The SMILES string of the molecule is CCc1noc(Cn2cnc3c4cc(C)ccc4n(CC(=O)NC4CCCC4)c3c2=O)n1. The molecule has 0 atom stereocenters. The highest BCUT2D eigenvalue weighted by Gasteiger charge is 2.22. The fraction of sp³-hybridized carbons (Fsp3) is 0.435. The van der Waals surface area contributed by atoms with E-state index in [1.807, 2.05) is 32.0 Å². The third-order valence-corrected chi connectivity index (χ3v) is 6.14. The molecular formula is C23H26N6O3. The molecule has 5 rings (SSSR count). The third kappa shape index (κ3) is 3.68. The predicted octanol–water partition coefficient (Wildman–Crippen LogP) is 2.71. The highest BCUT2D eigenvalue weighted by Crippen LogP contribution is 2.26. The van der Waals surface area contributed by atoms with Crippen LogP contribution >= 0.6 is 0 Å². The van der Waals surface area contributed by atoms with Gasteiger partial charge in [-0.3, -0.25) is 14.2 Å². The Kier molecular flexibility index (Phi) is 5.24. The maximum absolute atomic E-state index is 13.5. The molecule has 1 fully saturated rings. The summed E-state index contributed by atoms with van der Waals surface area (Å²) in [6, 6.07) is 6.16. The van der Waals surface area contributed by atoms with E-state index in [-0.39, 0.29) is 30.6 Å². The molecule has 1 saturated carbocycles. The first-order valence-electron chi connectivity index (χ1n) is 11.1. The van der Waals surface area contributed by atoms with Crippen LogP contribution in [0.3, 0.4) is 0 Å². The Morgan fingerprint density at radius 1 is 1.28 bits per heavy atom. The number of carbonyl (C=O) groups excluding carboxylic acids is 1. The van der Waals surface area contributed by atoms with E-state index in [1.54, 1.807) is 4.57 Å². The molecule has 9 nitrogen and oxygen atoms in total. The van der Waals surface area contributed by atoms with Crippen molar-refractivity contribution in [1.82, 2.24) is 29.6 Å². The molecule has 1 aromatic carbocycles. The van der Waals surface area contributed by atoms with E-state index in [4.69, 9.17) is 4.52 Å². The number of rotatable bonds is 6. The second-order valence-corrected chi connectivity index (χ2v) is 8.49. The lowest BCUT2D eigenvalue weighted by Gasteiger charge is -2.13. The highest BCUT2D eigenvalue weighted by molar-refractivity contribution is 6.06. The molecule has 3 aromatic heterocycles. The Balaban J connectivity index is 1.58. The van der Waals surface area contributed by atoms with Crippen LogP contribution in [0.4, 0.5) is 0 Å². The van der Waals surface area contributed by atoms with Crippen LogP contribution in [0, 0.1) is 6.92 Å². The number of benzene rings is 1. The summed E-state index contributed by atoms with van der Waals surface area (Å²) in [6.07, 6.45) is 6.46. The Hall–Kier alpha value is -3.49. The van der Waals surface area contributed by atoms with Gasteiger partial charge in [0.15, 0.2) is 5.82 Å². The number of carbonyl (C=O) groups is 1. The normalized spacial score (nSPS) is 14.6. The maximum atomic E-state index is 13.5. The summed E-state index contributed by atoms with van der Waals surface area (Å²) in [6.45, 7) is 4.13. The van der Waals surface area contributed by atoms with E-state index >= 15 is 0 Å². The third-order valence-electron chi connectivity index (χ3n) is 6.14. The molecule has 0 spiro atoms. The Morgan fingerprint density at radius 3 is 2.84 bits per heavy atom. The summed E-state index contributed by atoms with van der Waals surface area (Å²) in [5.74, 6) is 0.855. The van der Waals surface area contributed by atoms with Gasteiger partial charge in [0.05, 0.1) is 11.8 Å². The molecule has 0 radical (unpaired) electrons. The quantitative estimate of drug-likeness (QED) is 0.500. The lowest BCUT2D eigenvalue weighted by Crippen LogP contribution is -2.35. The van der Waals surface area contributed by atoms with Crippen molar-refractivity contribution in [3.8, 4) is 0 Å². The maximum Gasteiger partial charge on any atom is 0.278 e. The van der Waals surface area contributed by atoms with Crippen molar-refractivity contribution < 1.29 is 9.32 Å². The summed E-state index contributed by atoms with van der Waals surface area (Å²) in [7, 11) is 0. The second kappa shape index (κ2) is 8.22. The van der Waals surface area contributed by atoms with Crippen LogP contribution in [0.1, 0.15) is 49.9 Å². The average molecular weight is 435 g/mol.